The SMILES string of the molecule is O=S(=O)([O-])[O-].OCC(O)CO.OCC(O)CO.[Na+].[Na+]. The van der Waals surface area contributed by atoms with Gasteiger partial charge in [0.1, 0.15) is 12.2 Å². The first-order valence-electron chi connectivity index (χ1n) is 4.08. The molecular weight excluding hydrogens is 310 g/mol. The third-order valence-corrected chi connectivity index (χ3v) is 0.843. The van der Waals surface area contributed by atoms with Gasteiger partial charge in [-0.15, -0.1) is 0 Å². The molecule has 0 aromatic rings. The van der Waals surface area contributed by atoms with E-state index in [0.29, 0.717) is 0 Å². The van der Waals surface area contributed by atoms with Crippen molar-refractivity contribution >= 4 is 10.4 Å². The summed E-state index contributed by atoms with van der Waals surface area (Å²) in [6.07, 6.45) is -1.91. The van der Waals surface area contributed by atoms with Gasteiger partial charge >= 0.3 is 59.1 Å². The van der Waals surface area contributed by atoms with Gasteiger partial charge in [-0.3, -0.25) is 8.42 Å². The van der Waals surface area contributed by atoms with Crippen LogP contribution in [0.4, 0.5) is 0 Å². The number of rotatable bonds is 4. The second-order valence-corrected chi connectivity index (χ2v) is 3.26. The Morgan fingerprint density at radius 2 is 0.842 bits per heavy atom. The van der Waals surface area contributed by atoms with Gasteiger partial charge in [-0.05, 0) is 0 Å². The quantitative estimate of drug-likeness (QED) is 0.163. The molecule has 0 heterocycles. The molecule has 0 aromatic heterocycles. The third-order valence-electron chi connectivity index (χ3n) is 0.843. The van der Waals surface area contributed by atoms with Crippen LogP contribution in [0.5, 0.6) is 0 Å². The number of hydrogen-bond acceptors (Lipinski definition) is 10. The summed E-state index contributed by atoms with van der Waals surface area (Å²) in [5.74, 6) is 0. The molecule has 0 rings (SSSR count). The molecule has 0 radical (unpaired) electrons. The Hall–Kier alpha value is 1.63. The minimum absolute atomic E-state index is 0. The van der Waals surface area contributed by atoms with E-state index in [-0.39, 0.29) is 85.5 Å². The Bertz CT molecular complexity index is 210. The van der Waals surface area contributed by atoms with Crippen molar-refractivity contribution in [3.05, 3.63) is 0 Å². The fourth-order valence-electron chi connectivity index (χ4n) is 0.115. The van der Waals surface area contributed by atoms with Crippen molar-refractivity contribution in [1.82, 2.24) is 0 Å². The zero-order chi connectivity index (χ0) is 14.5. The number of aliphatic hydroxyl groups excluding tert-OH is 6. The van der Waals surface area contributed by atoms with Crippen LogP contribution in [-0.2, 0) is 10.4 Å². The largest absolute Gasteiger partial charge is 1.00 e. The number of aliphatic hydroxyl groups is 6. The molecule has 0 bridgehead atoms. The average Bonchev–Trinajstić information content (AvgIpc) is 2.25. The molecule has 0 amide bonds. The molecule has 19 heavy (non-hydrogen) atoms. The van der Waals surface area contributed by atoms with Crippen LogP contribution in [0, 0.1) is 0 Å². The first kappa shape index (κ1) is 32.5. The summed E-state index contributed by atoms with van der Waals surface area (Å²) in [6, 6.07) is 0. The smallest absolute Gasteiger partial charge is 0.759 e. The van der Waals surface area contributed by atoms with E-state index >= 15 is 0 Å². The monoisotopic (exact) mass is 326 g/mol. The van der Waals surface area contributed by atoms with Gasteiger partial charge < -0.3 is 39.7 Å². The molecule has 0 fully saturated rings. The molecule has 0 aromatic carbocycles. The van der Waals surface area contributed by atoms with E-state index in [1.54, 1.807) is 0 Å². The number of hydrogen-bond donors (Lipinski definition) is 6. The second-order valence-electron chi connectivity index (χ2n) is 2.45. The minimum Gasteiger partial charge on any atom is -0.759 e. The molecule has 0 saturated heterocycles. The summed E-state index contributed by atoms with van der Waals surface area (Å²) in [7, 11) is -5.17. The molecule has 13 heteroatoms. The Kier molecular flexibility index (Phi) is 37.5. The van der Waals surface area contributed by atoms with Gasteiger partial charge in [-0.1, -0.05) is 0 Å². The fraction of sp³-hybridized carbons (Fsp3) is 1.00. The summed E-state index contributed by atoms with van der Waals surface area (Å²) in [4.78, 5) is 0. The van der Waals surface area contributed by atoms with E-state index < -0.39 is 22.6 Å². The molecule has 0 atom stereocenters. The van der Waals surface area contributed by atoms with E-state index in [2.05, 4.69) is 0 Å². The predicted molar refractivity (Wildman–Crippen MR) is 50.8 cm³/mol. The van der Waals surface area contributed by atoms with Crippen LogP contribution in [0.2, 0.25) is 0 Å². The standard InChI is InChI=1S/2C3H8O3.2Na.H2O4S/c2*4-1-3(6)2-5;;;1-5(2,3)4/h2*3-6H,1-2H2;;;(H2,1,2,3,4)/q;;2*+1;/p-2. The third kappa shape index (κ3) is 65.8. The van der Waals surface area contributed by atoms with Crippen molar-refractivity contribution in [3.63, 3.8) is 0 Å². The first-order valence-corrected chi connectivity index (χ1v) is 5.41. The van der Waals surface area contributed by atoms with E-state index in [0.717, 1.165) is 0 Å². The summed E-state index contributed by atoms with van der Waals surface area (Å²) in [6.45, 7) is -1.46. The normalized spacial score (nSPS) is 9.37. The van der Waals surface area contributed by atoms with E-state index in [4.69, 9.17) is 48.2 Å². The maximum absolute atomic E-state index is 8.52. The van der Waals surface area contributed by atoms with Gasteiger partial charge in [0.05, 0.1) is 26.4 Å². The van der Waals surface area contributed by atoms with Crippen LogP contribution < -0.4 is 59.1 Å². The topological polar surface area (TPSA) is 202 Å². The van der Waals surface area contributed by atoms with Crippen LogP contribution >= 0.6 is 0 Å². The molecule has 0 unspecified atom stereocenters. The molecule has 6 N–H and O–H groups in total. The van der Waals surface area contributed by atoms with Gasteiger partial charge in [-0.25, -0.2) is 0 Å². The molecule has 10 nitrogen and oxygen atoms in total. The van der Waals surface area contributed by atoms with Crippen molar-refractivity contribution in [3.8, 4) is 0 Å². The van der Waals surface area contributed by atoms with Gasteiger partial charge in [0, 0.05) is 10.4 Å². The van der Waals surface area contributed by atoms with Crippen molar-refractivity contribution < 1.29 is 107 Å². The molecule has 0 aliphatic carbocycles. The maximum Gasteiger partial charge on any atom is 1.00 e. The van der Waals surface area contributed by atoms with E-state index in [1.807, 2.05) is 0 Å². The molecule has 0 saturated carbocycles. The van der Waals surface area contributed by atoms with Crippen LogP contribution in [0.1, 0.15) is 0 Å². The molecule has 108 valence electrons. The van der Waals surface area contributed by atoms with Gasteiger partial charge in [0.2, 0.25) is 0 Å². The van der Waals surface area contributed by atoms with Crippen molar-refractivity contribution in [2.45, 2.75) is 12.2 Å². The Morgan fingerprint density at radius 1 is 0.737 bits per heavy atom. The van der Waals surface area contributed by atoms with Crippen molar-refractivity contribution in [2.75, 3.05) is 26.4 Å². The van der Waals surface area contributed by atoms with Gasteiger partial charge in [-0.2, -0.15) is 0 Å². The summed E-state index contributed by atoms with van der Waals surface area (Å²) in [5.41, 5.74) is 0. The van der Waals surface area contributed by atoms with Crippen LogP contribution in [-0.4, -0.2) is 86.8 Å². The van der Waals surface area contributed by atoms with Gasteiger partial charge in [0.15, 0.2) is 0 Å². The van der Waals surface area contributed by atoms with Crippen LogP contribution in [0.15, 0.2) is 0 Å². The molecular formula is C6H16Na2O10S. The maximum atomic E-state index is 8.52. The average molecular weight is 326 g/mol. The fourth-order valence-corrected chi connectivity index (χ4v) is 0.115. The summed E-state index contributed by atoms with van der Waals surface area (Å²) in [5, 5.41) is 48.0. The van der Waals surface area contributed by atoms with Gasteiger partial charge in [0.25, 0.3) is 0 Å². The first-order chi connectivity index (χ1) is 7.62. The zero-order valence-electron chi connectivity index (χ0n) is 10.7. The molecule has 0 spiro atoms. The summed E-state index contributed by atoms with van der Waals surface area (Å²) >= 11 is 0. The molecule has 0 aliphatic heterocycles. The van der Waals surface area contributed by atoms with Crippen LogP contribution in [0.25, 0.3) is 0 Å². The van der Waals surface area contributed by atoms with E-state index in [1.165, 1.54) is 0 Å². The summed E-state index contributed by atoms with van der Waals surface area (Å²) < 4.78 is 34.1. The second kappa shape index (κ2) is 21.9. The Labute approximate surface area is 155 Å². The Balaban J connectivity index is -0.0000000492. The van der Waals surface area contributed by atoms with Crippen LogP contribution in [0.3, 0.4) is 0 Å². The zero-order valence-corrected chi connectivity index (χ0v) is 15.5. The molecule has 0 aliphatic rings. The van der Waals surface area contributed by atoms with E-state index in [9.17, 15) is 0 Å². The Morgan fingerprint density at radius 3 is 0.842 bits per heavy atom. The van der Waals surface area contributed by atoms with Crippen molar-refractivity contribution in [1.29, 1.82) is 0 Å². The predicted octanol–water partition coefficient (Wildman–Crippen LogP) is -10.7. The minimum atomic E-state index is -5.17. The van der Waals surface area contributed by atoms with Crippen molar-refractivity contribution in [2.24, 2.45) is 0 Å².